The maximum Gasteiger partial charge on any atom is 0.316 e. The molecule has 1 aliphatic carbocycles. The van der Waals surface area contributed by atoms with E-state index in [0.717, 1.165) is 12.0 Å². The van der Waals surface area contributed by atoms with Crippen molar-refractivity contribution in [3.8, 4) is 0 Å². The Bertz CT molecular complexity index is 1160. The van der Waals surface area contributed by atoms with Crippen LogP contribution in [-0.2, 0) is 23.8 Å². The maximum absolute atomic E-state index is 13.8. The van der Waals surface area contributed by atoms with Gasteiger partial charge in [-0.25, -0.2) is 0 Å². The number of rotatable bonds is 2. The van der Waals surface area contributed by atoms with Crippen molar-refractivity contribution in [3.63, 3.8) is 0 Å². The number of aliphatic hydroxyl groups is 2. The first-order valence-corrected chi connectivity index (χ1v) is 15.2. The zero-order valence-electron chi connectivity index (χ0n) is 25.6. The molecular formula is C34H48O7. The molecule has 0 radical (unpaired) electrons. The van der Waals surface area contributed by atoms with Gasteiger partial charge in [0.15, 0.2) is 11.6 Å². The zero-order valence-corrected chi connectivity index (χ0v) is 25.6. The first-order chi connectivity index (χ1) is 19.3. The second-order valence-electron chi connectivity index (χ2n) is 12.8. The fraction of sp³-hybridized carbons (Fsp3) is 0.647. The smallest absolute Gasteiger partial charge is 0.316 e. The third-order valence-electron chi connectivity index (χ3n) is 9.57. The molecular weight excluding hydrogens is 520 g/mol. The Kier molecular flexibility index (Phi) is 9.64. The van der Waals surface area contributed by atoms with Crippen LogP contribution in [0.15, 0.2) is 59.3 Å². The van der Waals surface area contributed by atoms with Crippen molar-refractivity contribution in [2.75, 3.05) is 0 Å². The third-order valence-corrected chi connectivity index (χ3v) is 9.57. The molecule has 7 heteroatoms. The zero-order chi connectivity index (χ0) is 30.1. The lowest BCUT2D eigenvalue weighted by Crippen LogP contribution is -2.54. The van der Waals surface area contributed by atoms with E-state index in [4.69, 9.17) is 14.2 Å². The van der Waals surface area contributed by atoms with E-state index in [2.05, 4.69) is 26.8 Å². The molecule has 0 aromatic rings. The van der Waals surface area contributed by atoms with E-state index >= 15 is 0 Å². The van der Waals surface area contributed by atoms with Crippen molar-refractivity contribution in [2.24, 2.45) is 23.7 Å². The average molecular weight is 569 g/mol. The van der Waals surface area contributed by atoms with Gasteiger partial charge in [0.2, 0.25) is 0 Å². The fourth-order valence-electron chi connectivity index (χ4n) is 6.48. The van der Waals surface area contributed by atoms with Crippen LogP contribution in [0.4, 0.5) is 0 Å². The Morgan fingerprint density at radius 1 is 1.07 bits per heavy atom. The molecule has 10 atom stereocenters. The van der Waals surface area contributed by atoms with E-state index in [9.17, 15) is 19.8 Å². The lowest BCUT2D eigenvalue weighted by atomic mass is 9.72. The summed E-state index contributed by atoms with van der Waals surface area (Å²) in [4.78, 5) is 26.5. The van der Waals surface area contributed by atoms with Gasteiger partial charge in [-0.2, -0.15) is 0 Å². The summed E-state index contributed by atoms with van der Waals surface area (Å²) in [7, 11) is 0. The second-order valence-corrected chi connectivity index (χ2v) is 12.8. The number of hydrogen-bond acceptors (Lipinski definition) is 7. The van der Waals surface area contributed by atoms with Crippen molar-refractivity contribution in [1.29, 1.82) is 0 Å². The molecule has 4 rings (SSSR count). The van der Waals surface area contributed by atoms with E-state index in [1.54, 1.807) is 32.1 Å². The van der Waals surface area contributed by atoms with Gasteiger partial charge in [-0.05, 0) is 55.9 Å². The van der Waals surface area contributed by atoms with E-state index in [0.29, 0.717) is 36.3 Å². The standard InChI is InChI=1S/C34H48O7/c1-8-20(2)31-23(5)14-15-33(41-31)18-27-17-26(40-33)13-12-22(4)30(36)21(3)10-9-11-25(7)34(38)19-29(35)24(6)16-28(34)32(37)39-27/h9-12,14-16,20-21,23,26-28,30-31,36,38H,8,13,17-19H2,1-7H3. The molecule has 0 aromatic heterocycles. The Morgan fingerprint density at radius 2 is 1.80 bits per heavy atom. The number of carbonyl (C=O) groups is 2. The molecule has 4 aliphatic rings. The first kappa shape index (κ1) is 31.6. The normalized spacial score (nSPS) is 41.2. The Balaban J connectivity index is 1.75. The highest BCUT2D eigenvalue weighted by Gasteiger charge is 2.50. The second kappa shape index (κ2) is 12.5. The van der Waals surface area contributed by atoms with Crippen LogP contribution in [0.2, 0.25) is 0 Å². The minimum Gasteiger partial charge on any atom is -0.462 e. The number of Topliss-reactive ketones (excluding diaryl/α,β-unsaturated/α-hetero) is 1. The summed E-state index contributed by atoms with van der Waals surface area (Å²) in [6, 6.07) is 0. The topological polar surface area (TPSA) is 102 Å². The lowest BCUT2D eigenvalue weighted by molar-refractivity contribution is -0.300. The van der Waals surface area contributed by atoms with E-state index in [-0.39, 0.29) is 36.2 Å². The number of hydrogen-bond donors (Lipinski definition) is 2. The summed E-state index contributed by atoms with van der Waals surface area (Å²) in [6.45, 7) is 13.7. The summed E-state index contributed by atoms with van der Waals surface area (Å²) in [5.74, 6) is -2.51. The highest BCUT2D eigenvalue weighted by molar-refractivity contribution is 5.99. The van der Waals surface area contributed by atoms with Gasteiger partial charge < -0.3 is 24.4 Å². The van der Waals surface area contributed by atoms with E-state index < -0.39 is 35.5 Å². The molecule has 0 amide bonds. The molecule has 226 valence electrons. The Morgan fingerprint density at radius 3 is 2.51 bits per heavy atom. The molecule has 1 fully saturated rings. The number of aliphatic hydroxyl groups excluding tert-OH is 1. The van der Waals surface area contributed by atoms with Crippen molar-refractivity contribution >= 4 is 11.8 Å². The number of esters is 1. The van der Waals surface area contributed by atoms with Crippen LogP contribution in [0.1, 0.15) is 80.6 Å². The van der Waals surface area contributed by atoms with Gasteiger partial charge in [0.1, 0.15) is 17.6 Å². The van der Waals surface area contributed by atoms with Gasteiger partial charge >= 0.3 is 5.97 Å². The van der Waals surface area contributed by atoms with E-state index in [1.807, 2.05) is 32.1 Å². The van der Waals surface area contributed by atoms with Crippen LogP contribution in [0, 0.1) is 23.7 Å². The van der Waals surface area contributed by atoms with Gasteiger partial charge in [0, 0.05) is 31.1 Å². The molecule has 2 bridgehead atoms. The largest absolute Gasteiger partial charge is 0.462 e. The summed E-state index contributed by atoms with van der Waals surface area (Å²) in [6.07, 6.45) is 13.5. The molecule has 1 spiro atoms. The highest BCUT2D eigenvalue weighted by Crippen LogP contribution is 2.43. The number of carbonyl (C=O) groups excluding carboxylic acids is 2. The lowest BCUT2D eigenvalue weighted by Gasteiger charge is -2.48. The predicted molar refractivity (Wildman–Crippen MR) is 158 cm³/mol. The molecule has 41 heavy (non-hydrogen) atoms. The maximum atomic E-state index is 13.8. The number of fused-ring (bicyclic) bond motifs is 3. The van der Waals surface area contributed by atoms with Crippen LogP contribution in [-0.4, -0.2) is 57.8 Å². The summed E-state index contributed by atoms with van der Waals surface area (Å²) in [5.41, 5.74) is 0.0408. The molecule has 7 nitrogen and oxygen atoms in total. The molecule has 2 N–H and O–H groups in total. The Labute approximate surface area is 245 Å². The molecule has 1 saturated heterocycles. The van der Waals surface area contributed by atoms with E-state index in [1.165, 1.54) is 0 Å². The van der Waals surface area contributed by atoms with Gasteiger partial charge in [0.25, 0.3) is 0 Å². The summed E-state index contributed by atoms with van der Waals surface area (Å²) >= 11 is 0. The van der Waals surface area contributed by atoms with Gasteiger partial charge in [-0.15, -0.1) is 0 Å². The first-order valence-electron chi connectivity index (χ1n) is 15.2. The van der Waals surface area contributed by atoms with Gasteiger partial charge in [0.05, 0.1) is 18.3 Å². The van der Waals surface area contributed by atoms with Crippen molar-refractivity contribution < 1.29 is 34.0 Å². The fourth-order valence-corrected chi connectivity index (χ4v) is 6.48. The van der Waals surface area contributed by atoms with Gasteiger partial charge in [-0.3, -0.25) is 9.59 Å². The van der Waals surface area contributed by atoms with Crippen LogP contribution in [0.3, 0.4) is 0 Å². The summed E-state index contributed by atoms with van der Waals surface area (Å²) < 4.78 is 19.5. The minimum atomic E-state index is -1.71. The molecule has 0 aromatic carbocycles. The van der Waals surface area contributed by atoms with Crippen LogP contribution in [0.5, 0.6) is 0 Å². The number of ether oxygens (including phenoxy) is 3. The van der Waals surface area contributed by atoms with Crippen molar-refractivity contribution in [2.45, 2.75) is 116 Å². The quantitative estimate of drug-likeness (QED) is 0.334. The predicted octanol–water partition coefficient (Wildman–Crippen LogP) is 5.53. The van der Waals surface area contributed by atoms with Crippen LogP contribution in [0.25, 0.3) is 0 Å². The molecule has 3 heterocycles. The van der Waals surface area contributed by atoms with Crippen LogP contribution >= 0.6 is 0 Å². The number of allylic oxidation sites excluding steroid dienone is 3. The summed E-state index contributed by atoms with van der Waals surface area (Å²) in [5, 5.41) is 22.8. The molecule has 0 saturated carbocycles. The van der Waals surface area contributed by atoms with Crippen molar-refractivity contribution in [3.05, 3.63) is 59.3 Å². The van der Waals surface area contributed by atoms with Crippen LogP contribution < -0.4 is 0 Å². The minimum absolute atomic E-state index is 0.0440. The third kappa shape index (κ3) is 6.69. The van der Waals surface area contributed by atoms with Gasteiger partial charge in [-0.1, -0.05) is 70.6 Å². The molecule has 10 unspecified atom stereocenters. The van der Waals surface area contributed by atoms with Crippen molar-refractivity contribution in [1.82, 2.24) is 0 Å². The monoisotopic (exact) mass is 568 g/mol. The Hall–Kier alpha value is -2.32. The molecule has 3 aliphatic heterocycles. The number of ketones is 1. The highest BCUT2D eigenvalue weighted by atomic mass is 16.7. The average Bonchev–Trinajstić information content (AvgIpc) is 2.93. The SMILES string of the molecule is CCC(C)C1OC2(C=CC1C)CC1CC(CC=C(C)C(O)C(C)C=CC=C(C)C3(O)CC(=O)C(C)=CC3C(=O)O1)O2.